The van der Waals surface area contributed by atoms with E-state index in [2.05, 4.69) is 20.3 Å². The molecule has 1 saturated heterocycles. The van der Waals surface area contributed by atoms with Crippen molar-refractivity contribution >= 4 is 44.8 Å². The topological polar surface area (TPSA) is 137 Å². The molecule has 2 aromatic carbocycles. The minimum atomic E-state index is -4.98. The van der Waals surface area contributed by atoms with Gasteiger partial charge in [0.15, 0.2) is 11.6 Å². The average molecular weight is 616 g/mol. The quantitative estimate of drug-likeness (QED) is 0.208. The molecule has 0 bridgehead atoms. The number of nitrogens with one attached hydrogen (secondary N) is 1. The maximum absolute atomic E-state index is 14.8. The second kappa shape index (κ2) is 11.7. The van der Waals surface area contributed by atoms with Crippen LogP contribution in [0.1, 0.15) is 16.8 Å². The molecule has 2 heterocycles. The highest BCUT2D eigenvalue weighted by molar-refractivity contribution is 7.88. The van der Waals surface area contributed by atoms with E-state index in [0.717, 1.165) is 11.8 Å². The highest BCUT2D eigenvalue weighted by Gasteiger charge is 2.37. The van der Waals surface area contributed by atoms with Crippen molar-refractivity contribution in [3.63, 3.8) is 0 Å². The van der Waals surface area contributed by atoms with Crippen LogP contribution in [0.5, 0.6) is 5.75 Å². The van der Waals surface area contributed by atoms with Gasteiger partial charge in [-0.15, -0.1) is 0 Å². The van der Waals surface area contributed by atoms with Crippen LogP contribution in [0, 0.1) is 5.82 Å². The summed E-state index contributed by atoms with van der Waals surface area (Å²) in [5.74, 6) is -2.79. The molecule has 4 N–H and O–H groups in total. The van der Waals surface area contributed by atoms with Crippen LogP contribution >= 0.6 is 11.6 Å². The SMILES string of the molecule is CN=C(N)c1nc(N2CCN(S(C)(=O)=O)CC2Cc2ccccc2)ncc1Nc1cc(C(F)(F)F)c(Cl)c(O)c1F. The lowest BCUT2D eigenvalue weighted by atomic mass is 10.0. The smallest absolute Gasteiger partial charge is 0.418 e. The van der Waals surface area contributed by atoms with E-state index in [0.29, 0.717) is 12.5 Å². The van der Waals surface area contributed by atoms with Crippen LogP contribution in [-0.4, -0.2) is 72.6 Å². The van der Waals surface area contributed by atoms with Gasteiger partial charge >= 0.3 is 6.18 Å². The Hall–Kier alpha value is -3.69. The fourth-order valence-electron chi connectivity index (χ4n) is 4.42. The number of phenolic OH excluding ortho intramolecular Hbond substituents is 1. The van der Waals surface area contributed by atoms with Crippen molar-refractivity contribution in [1.82, 2.24) is 14.3 Å². The number of amidine groups is 1. The molecule has 3 aromatic rings. The molecule has 4 rings (SSSR count). The number of benzene rings is 2. The monoisotopic (exact) mass is 615 g/mol. The summed E-state index contributed by atoms with van der Waals surface area (Å²) in [4.78, 5) is 14.5. The van der Waals surface area contributed by atoms with Crippen molar-refractivity contribution in [2.75, 3.05) is 43.2 Å². The van der Waals surface area contributed by atoms with Crippen molar-refractivity contribution in [1.29, 1.82) is 0 Å². The van der Waals surface area contributed by atoms with Crippen molar-refractivity contribution in [3.8, 4) is 5.75 Å². The molecule has 16 heteroatoms. The zero-order valence-electron chi connectivity index (χ0n) is 21.8. The first kappa shape index (κ1) is 30.3. The number of aromatic hydroxyl groups is 1. The van der Waals surface area contributed by atoms with Crippen LogP contribution in [0.25, 0.3) is 0 Å². The fourth-order valence-corrected chi connectivity index (χ4v) is 5.52. The third kappa shape index (κ3) is 6.63. The van der Waals surface area contributed by atoms with E-state index in [1.54, 1.807) is 4.90 Å². The van der Waals surface area contributed by atoms with E-state index >= 15 is 0 Å². The van der Waals surface area contributed by atoms with Gasteiger partial charge in [0.2, 0.25) is 16.0 Å². The summed E-state index contributed by atoms with van der Waals surface area (Å²) < 4.78 is 81.0. The van der Waals surface area contributed by atoms with E-state index < -0.39 is 44.0 Å². The van der Waals surface area contributed by atoms with Crippen LogP contribution in [-0.2, 0) is 22.6 Å². The number of nitrogens with two attached hydrogens (primary N) is 1. The molecule has 0 radical (unpaired) electrons. The summed E-state index contributed by atoms with van der Waals surface area (Å²) in [6.45, 7) is 0.545. The molecule has 0 amide bonds. The molecule has 41 heavy (non-hydrogen) atoms. The Morgan fingerprint density at radius 3 is 2.54 bits per heavy atom. The van der Waals surface area contributed by atoms with Gasteiger partial charge in [0.05, 0.1) is 34.4 Å². The number of alkyl halides is 3. The van der Waals surface area contributed by atoms with Gasteiger partial charge in [-0.3, -0.25) is 4.99 Å². The summed E-state index contributed by atoms with van der Waals surface area (Å²) in [7, 11) is -2.12. The molecule has 0 spiro atoms. The predicted octanol–water partition coefficient (Wildman–Crippen LogP) is 3.77. The minimum Gasteiger partial charge on any atom is -0.504 e. The second-order valence-corrected chi connectivity index (χ2v) is 11.6. The predicted molar refractivity (Wildman–Crippen MR) is 148 cm³/mol. The first-order valence-electron chi connectivity index (χ1n) is 12.1. The van der Waals surface area contributed by atoms with E-state index in [9.17, 15) is 31.1 Å². The third-order valence-electron chi connectivity index (χ3n) is 6.50. The van der Waals surface area contributed by atoms with Gasteiger partial charge < -0.3 is 21.1 Å². The zero-order chi connectivity index (χ0) is 30.1. The van der Waals surface area contributed by atoms with Crippen molar-refractivity contribution in [2.24, 2.45) is 10.7 Å². The van der Waals surface area contributed by atoms with Gasteiger partial charge in [-0.25, -0.2) is 22.8 Å². The standard InChI is InChI=1S/C25H26ClF4N7O3S/c1-32-23(31)21-18(34-17-11-16(25(28,29)30)19(26)22(38)20(17)27)12-33-24(35-21)37-9-8-36(41(2,39)40)13-15(37)10-14-6-4-3-5-7-14/h3-7,11-12,15,34,38H,8-10,13H2,1-2H3,(H2,31,32). The summed E-state index contributed by atoms with van der Waals surface area (Å²) >= 11 is 5.53. The molecule has 0 saturated carbocycles. The van der Waals surface area contributed by atoms with Crippen LogP contribution in [0.15, 0.2) is 47.6 Å². The lowest BCUT2D eigenvalue weighted by molar-refractivity contribution is -0.137. The van der Waals surface area contributed by atoms with Crippen LogP contribution < -0.4 is 16.0 Å². The number of rotatable bonds is 7. The van der Waals surface area contributed by atoms with Gasteiger partial charge in [-0.05, 0) is 18.1 Å². The third-order valence-corrected chi connectivity index (χ3v) is 8.15. The summed E-state index contributed by atoms with van der Waals surface area (Å²) in [5.41, 5.74) is 4.64. The average Bonchev–Trinajstić information content (AvgIpc) is 2.92. The Bertz CT molecular complexity index is 1570. The molecule has 1 aliphatic rings. The van der Waals surface area contributed by atoms with E-state index in [4.69, 9.17) is 17.3 Å². The minimum absolute atomic E-state index is 0.0519. The molecule has 10 nitrogen and oxygen atoms in total. The largest absolute Gasteiger partial charge is 0.504 e. The molecule has 1 aliphatic heterocycles. The highest BCUT2D eigenvalue weighted by Crippen LogP contribution is 2.43. The molecule has 1 atom stereocenters. The summed E-state index contributed by atoms with van der Waals surface area (Å²) in [6, 6.07) is 9.43. The van der Waals surface area contributed by atoms with Crippen LogP contribution in [0.2, 0.25) is 5.02 Å². The number of nitrogens with zero attached hydrogens (tertiary/aromatic N) is 5. The second-order valence-electron chi connectivity index (χ2n) is 9.27. The number of phenols is 1. The number of sulfonamides is 1. The number of aliphatic imine (C=N–C) groups is 1. The number of anilines is 3. The number of aromatic nitrogens is 2. The highest BCUT2D eigenvalue weighted by atomic mass is 35.5. The van der Waals surface area contributed by atoms with Crippen molar-refractivity contribution in [2.45, 2.75) is 18.6 Å². The molecule has 0 aliphatic carbocycles. The molecular formula is C25H26ClF4N7O3S. The van der Waals surface area contributed by atoms with Crippen molar-refractivity contribution in [3.05, 3.63) is 70.3 Å². The van der Waals surface area contributed by atoms with E-state index in [1.165, 1.54) is 17.5 Å². The number of hydrogen-bond acceptors (Lipinski definition) is 8. The first-order valence-corrected chi connectivity index (χ1v) is 14.3. The van der Waals surface area contributed by atoms with Gasteiger partial charge in [0, 0.05) is 32.7 Å². The lowest BCUT2D eigenvalue weighted by Crippen LogP contribution is -2.56. The molecule has 1 fully saturated rings. The number of piperazine rings is 1. The van der Waals surface area contributed by atoms with E-state index in [1.807, 2.05) is 30.3 Å². The number of hydrogen-bond donors (Lipinski definition) is 3. The van der Waals surface area contributed by atoms with Gasteiger partial charge in [0.1, 0.15) is 11.5 Å². The summed E-state index contributed by atoms with van der Waals surface area (Å²) in [5, 5.41) is 11.2. The Balaban J connectivity index is 1.74. The van der Waals surface area contributed by atoms with Crippen LogP contribution in [0.4, 0.5) is 34.9 Å². The molecular weight excluding hydrogens is 590 g/mol. The van der Waals surface area contributed by atoms with Gasteiger partial charge in [-0.1, -0.05) is 41.9 Å². The number of halogens is 5. The van der Waals surface area contributed by atoms with Crippen LogP contribution in [0.3, 0.4) is 0 Å². The van der Waals surface area contributed by atoms with Gasteiger partial charge in [0.25, 0.3) is 0 Å². The Kier molecular flexibility index (Phi) is 8.61. The Morgan fingerprint density at radius 2 is 1.93 bits per heavy atom. The van der Waals surface area contributed by atoms with E-state index in [-0.39, 0.29) is 48.8 Å². The zero-order valence-corrected chi connectivity index (χ0v) is 23.4. The summed E-state index contributed by atoms with van der Waals surface area (Å²) in [6.07, 6.45) is -2.20. The normalized spacial score (nSPS) is 17.1. The fraction of sp³-hybridized carbons (Fsp3) is 0.320. The maximum Gasteiger partial charge on any atom is 0.418 e. The first-order chi connectivity index (χ1) is 19.2. The Morgan fingerprint density at radius 1 is 1.24 bits per heavy atom. The molecule has 1 aromatic heterocycles. The van der Waals surface area contributed by atoms with Crippen molar-refractivity contribution < 1.29 is 31.1 Å². The maximum atomic E-state index is 14.8. The lowest BCUT2D eigenvalue weighted by Gasteiger charge is -2.40. The molecule has 220 valence electrons. The molecule has 1 unspecified atom stereocenters. The Labute approximate surface area is 238 Å². The van der Waals surface area contributed by atoms with Gasteiger partial charge in [-0.2, -0.15) is 17.5 Å².